The molecule has 15 heavy (non-hydrogen) atoms. The van der Waals surface area contributed by atoms with Crippen LogP contribution in [-0.4, -0.2) is 20.1 Å². The summed E-state index contributed by atoms with van der Waals surface area (Å²) in [6.45, 7) is 2.19. The fraction of sp³-hybridized carbons (Fsp3) is 0.556. The smallest absolute Gasteiger partial charge is 0.212 e. The normalized spacial score (nSPS) is 14.0. The van der Waals surface area contributed by atoms with E-state index in [1.54, 1.807) is 0 Å². The maximum Gasteiger partial charge on any atom is 0.212 e. The van der Waals surface area contributed by atoms with E-state index < -0.39 is 10.0 Å². The summed E-state index contributed by atoms with van der Waals surface area (Å²) in [5, 5.41) is 1.92. The van der Waals surface area contributed by atoms with Crippen LogP contribution in [0.4, 0.5) is 0 Å². The maximum absolute atomic E-state index is 11.5. The van der Waals surface area contributed by atoms with Crippen molar-refractivity contribution < 1.29 is 8.42 Å². The molecule has 0 saturated heterocycles. The first kappa shape index (κ1) is 13.0. The predicted octanol–water partition coefficient (Wildman–Crippen LogP) is 2.04. The summed E-state index contributed by atoms with van der Waals surface area (Å²) in [6, 6.07) is 3.80. The number of halogens is 1. The zero-order valence-corrected chi connectivity index (χ0v) is 10.8. The fourth-order valence-electron chi connectivity index (χ4n) is 1.07. The van der Waals surface area contributed by atoms with Crippen molar-refractivity contribution in [3.8, 4) is 0 Å². The molecule has 0 amide bonds. The lowest BCUT2D eigenvalue weighted by Gasteiger charge is -2.09. The molecule has 0 fully saturated rings. The highest BCUT2D eigenvalue weighted by atomic mass is 35.5. The average Bonchev–Trinajstić information content (AvgIpc) is 2.66. The van der Waals surface area contributed by atoms with Crippen LogP contribution in [-0.2, 0) is 16.6 Å². The van der Waals surface area contributed by atoms with Gasteiger partial charge in [0.05, 0.1) is 5.75 Å². The molecule has 0 bridgehead atoms. The lowest BCUT2D eigenvalue weighted by atomic mass is 10.3. The summed E-state index contributed by atoms with van der Waals surface area (Å²) in [6.07, 6.45) is 0. The van der Waals surface area contributed by atoms with Crippen LogP contribution >= 0.6 is 22.9 Å². The van der Waals surface area contributed by atoms with Crippen molar-refractivity contribution in [2.24, 2.45) is 5.92 Å². The number of alkyl halides is 1. The molecule has 86 valence electrons. The minimum atomic E-state index is -3.20. The molecule has 0 aromatic carbocycles. The van der Waals surface area contributed by atoms with Crippen molar-refractivity contribution in [2.75, 3.05) is 11.6 Å². The van der Waals surface area contributed by atoms with Gasteiger partial charge in [0.1, 0.15) is 0 Å². The van der Waals surface area contributed by atoms with Crippen molar-refractivity contribution in [1.82, 2.24) is 4.72 Å². The van der Waals surface area contributed by atoms with Gasteiger partial charge in [0.2, 0.25) is 10.0 Å². The minimum absolute atomic E-state index is 0.0208. The topological polar surface area (TPSA) is 46.2 Å². The molecule has 1 heterocycles. The molecule has 0 saturated carbocycles. The van der Waals surface area contributed by atoms with E-state index in [9.17, 15) is 8.42 Å². The highest BCUT2D eigenvalue weighted by Crippen LogP contribution is 2.09. The van der Waals surface area contributed by atoms with Crippen LogP contribution in [0.2, 0.25) is 0 Å². The Kier molecular flexibility index (Phi) is 5.05. The molecule has 1 atom stereocenters. The van der Waals surface area contributed by atoms with Crippen molar-refractivity contribution in [2.45, 2.75) is 13.5 Å². The third kappa shape index (κ3) is 4.97. The highest BCUT2D eigenvalue weighted by Gasteiger charge is 2.14. The Bertz CT molecular complexity index is 375. The van der Waals surface area contributed by atoms with Gasteiger partial charge in [0.25, 0.3) is 0 Å². The summed E-state index contributed by atoms with van der Waals surface area (Å²) in [5.74, 6) is 0.425. The van der Waals surface area contributed by atoms with Gasteiger partial charge in [-0.05, 0) is 17.4 Å². The molecular formula is C9H14ClNO2S2. The van der Waals surface area contributed by atoms with E-state index in [-0.39, 0.29) is 11.7 Å². The second-order valence-corrected chi connectivity index (χ2v) is 6.63. The predicted molar refractivity (Wildman–Crippen MR) is 64.8 cm³/mol. The minimum Gasteiger partial charge on any atom is -0.212 e. The molecule has 0 aliphatic heterocycles. The zero-order chi connectivity index (χ0) is 11.3. The number of sulfonamides is 1. The lowest BCUT2D eigenvalue weighted by Crippen LogP contribution is -2.28. The van der Waals surface area contributed by atoms with Gasteiger partial charge < -0.3 is 0 Å². The summed E-state index contributed by atoms with van der Waals surface area (Å²) < 4.78 is 25.6. The molecule has 1 unspecified atom stereocenters. The average molecular weight is 268 g/mol. The van der Waals surface area contributed by atoms with Crippen LogP contribution in [0.25, 0.3) is 0 Å². The monoisotopic (exact) mass is 267 g/mol. The van der Waals surface area contributed by atoms with E-state index in [0.717, 1.165) is 4.88 Å². The number of hydrogen-bond donors (Lipinski definition) is 1. The maximum atomic E-state index is 11.5. The van der Waals surface area contributed by atoms with Gasteiger partial charge in [0.15, 0.2) is 0 Å². The van der Waals surface area contributed by atoms with Gasteiger partial charge in [-0.2, -0.15) is 0 Å². The van der Waals surface area contributed by atoms with Crippen LogP contribution < -0.4 is 4.72 Å². The van der Waals surface area contributed by atoms with Gasteiger partial charge in [-0.1, -0.05) is 13.0 Å². The van der Waals surface area contributed by atoms with E-state index in [0.29, 0.717) is 12.4 Å². The number of hydrogen-bond acceptors (Lipinski definition) is 3. The Balaban J connectivity index is 2.43. The Morgan fingerprint density at radius 2 is 2.33 bits per heavy atom. The zero-order valence-electron chi connectivity index (χ0n) is 8.44. The number of thiophene rings is 1. The van der Waals surface area contributed by atoms with E-state index in [1.807, 2.05) is 24.4 Å². The van der Waals surface area contributed by atoms with Crippen LogP contribution in [0.15, 0.2) is 17.5 Å². The summed E-state index contributed by atoms with van der Waals surface area (Å²) in [7, 11) is -3.20. The molecule has 1 aromatic rings. The first-order chi connectivity index (χ1) is 7.03. The van der Waals surface area contributed by atoms with Crippen molar-refractivity contribution in [1.29, 1.82) is 0 Å². The van der Waals surface area contributed by atoms with E-state index in [4.69, 9.17) is 11.6 Å². The molecule has 0 aliphatic carbocycles. The van der Waals surface area contributed by atoms with Crippen molar-refractivity contribution in [3.63, 3.8) is 0 Å². The van der Waals surface area contributed by atoms with Gasteiger partial charge >= 0.3 is 0 Å². The van der Waals surface area contributed by atoms with Crippen molar-refractivity contribution >= 4 is 33.0 Å². The van der Waals surface area contributed by atoms with Crippen molar-refractivity contribution in [3.05, 3.63) is 22.4 Å². The SMILES string of the molecule is CC(CCl)CS(=O)(=O)NCc1cccs1. The third-order valence-electron chi connectivity index (χ3n) is 1.81. The highest BCUT2D eigenvalue weighted by molar-refractivity contribution is 7.89. The first-order valence-corrected chi connectivity index (χ1v) is 7.66. The van der Waals surface area contributed by atoms with Gasteiger partial charge in [-0.3, -0.25) is 0 Å². The first-order valence-electron chi connectivity index (χ1n) is 4.59. The van der Waals surface area contributed by atoms with Crippen LogP contribution in [0.5, 0.6) is 0 Å². The Hall–Kier alpha value is -0.100. The molecule has 6 heteroatoms. The molecule has 3 nitrogen and oxygen atoms in total. The molecule has 1 aromatic heterocycles. The van der Waals surface area contributed by atoms with Gasteiger partial charge in [0, 0.05) is 17.3 Å². The molecule has 0 radical (unpaired) electrons. The standard InChI is InChI=1S/C9H14ClNO2S2/c1-8(5-10)7-15(12,13)11-6-9-3-2-4-14-9/h2-4,8,11H,5-7H2,1H3. The second-order valence-electron chi connectivity index (χ2n) is 3.44. The number of nitrogens with one attached hydrogen (secondary N) is 1. The largest absolute Gasteiger partial charge is 0.212 e. The van der Waals surface area contributed by atoms with Crippen LogP contribution in [0.1, 0.15) is 11.8 Å². The Labute approximate surface area is 99.5 Å². The number of rotatable bonds is 6. The second kappa shape index (κ2) is 5.84. The van der Waals surface area contributed by atoms with Crippen LogP contribution in [0, 0.1) is 5.92 Å². The van der Waals surface area contributed by atoms with Gasteiger partial charge in [-0.25, -0.2) is 13.1 Å². The molecule has 0 spiro atoms. The van der Waals surface area contributed by atoms with E-state index >= 15 is 0 Å². The third-order valence-corrected chi connectivity index (χ3v) is 4.81. The quantitative estimate of drug-likeness (QED) is 0.802. The van der Waals surface area contributed by atoms with E-state index in [1.165, 1.54) is 11.3 Å². The Morgan fingerprint density at radius 3 is 2.87 bits per heavy atom. The van der Waals surface area contributed by atoms with Gasteiger partial charge in [-0.15, -0.1) is 22.9 Å². The molecule has 1 N–H and O–H groups in total. The van der Waals surface area contributed by atoms with Crippen LogP contribution in [0.3, 0.4) is 0 Å². The van der Waals surface area contributed by atoms with E-state index in [2.05, 4.69) is 4.72 Å². The molecular weight excluding hydrogens is 254 g/mol. The molecule has 1 rings (SSSR count). The fourth-order valence-corrected chi connectivity index (χ4v) is 3.41. The summed E-state index contributed by atoms with van der Waals surface area (Å²) >= 11 is 7.10. The summed E-state index contributed by atoms with van der Waals surface area (Å²) in [4.78, 5) is 1.01. The Morgan fingerprint density at radius 1 is 1.60 bits per heavy atom. The summed E-state index contributed by atoms with van der Waals surface area (Å²) in [5.41, 5.74) is 0. The molecule has 0 aliphatic rings. The lowest BCUT2D eigenvalue weighted by molar-refractivity contribution is 0.569.